The van der Waals surface area contributed by atoms with Crippen molar-refractivity contribution in [2.75, 3.05) is 0 Å². The monoisotopic (exact) mass is 283 g/mol. The summed E-state index contributed by atoms with van der Waals surface area (Å²) in [7, 11) is 1.80. The van der Waals surface area contributed by atoms with Gasteiger partial charge in [-0.15, -0.1) is 0 Å². The van der Waals surface area contributed by atoms with Crippen LogP contribution in [0.1, 0.15) is 0 Å². The second kappa shape index (κ2) is 5.09. The van der Waals surface area contributed by atoms with Gasteiger partial charge in [0.1, 0.15) is 0 Å². The Morgan fingerprint density at radius 2 is 1.80 bits per heavy atom. The van der Waals surface area contributed by atoms with Crippen LogP contribution in [0.4, 0.5) is 0 Å². The smallest absolute Gasteiger partial charge is 0.0422 e. The molecule has 5 heteroatoms. The summed E-state index contributed by atoms with van der Waals surface area (Å²) in [6, 6.07) is 0. The zero-order chi connectivity index (χ0) is 3.58. The van der Waals surface area contributed by atoms with Gasteiger partial charge in [-0.05, 0) is 10.7 Å². The van der Waals surface area contributed by atoms with E-state index >= 15 is 0 Å². The first-order valence-electron chi connectivity index (χ1n) is 0.488. The molecule has 0 aliphatic rings. The maximum atomic E-state index is 8.77. The van der Waals surface area contributed by atoms with Crippen molar-refractivity contribution in [3.8, 4) is 0 Å². The molecule has 0 saturated carbocycles. The molecular formula is ClO2SW-. The minimum Gasteiger partial charge on any atom is -0.760 e. The average Bonchev–Trinajstić information content (AvgIpc) is 0.811. The van der Waals surface area contributed by atoms with Crippen molar-refractivity contribution in [3.63, 3.8) is 0 Å². The van der Waals surface area contributed by atoms with Gasteiger partial charge in [0.2, 0.25) is 0 Å². The fraction of sp³-hybridized carbons (Fsp3) is 0. The van der Waals surface area contributed by atoms with Crippen molar-refractivity contribution in [1.82, 2.24) is 0 Å². The van der Waals surface area contributed by atoms with Gasteiger partial charge in [-0.2, -0.15) is 0 Å². The Balaban J connectivity index is 0. The number of hydrogen-bond donors (Lipinski definition) is 0. The van der Waals surface area contributed by atoms with Crippen LogP contribution >= 0.6 is 10.7 Å². The van der Waals surface area contributed by atoms with Gasteiger partial charge in [-0.1, -0.05) is 0 Å². The Morgan fingerprint density at radius 3 is 1.80 bits per heavy atom. The van der Waals surface area contributed by atoms with E-state index in [1.54, 1.807) is 0 Å². The van der Waals surface area contributed by atoms with E-state index in [1.807, 2.05) is 0 Å². The molecule has 0 spiro atoms. The maximum absolute atomic E-state index is 8.77. The topological polar surface area (TPSA) is 40.1 Å². The summed E-state index contributed by atoms with van der Waals surface area (Å²) in [5, 5.41) is 0. The Bertz CT molecular complexity index is 32.6. The Morgan fingerprint density at radius 1 is 1.80 bits per heavy atom. The van der Waals surface area contributed by atoms with E-state index in [0.717, 1.165) is 0 Å². The molecule has 0 amide bonds. The third-order valence-electron chi connectivity index (χ3n) is 0. The van der Waals surface area contributed by atoms with Crippen molar-refractivity contribution in [1.29, 1.82) is 0 Å². The van der Waals surface area contributed by atoms with Crippen LogP contribution in [-0.2, 0) is 31.4 Å². The van der Waals surface area contributed by atoms with Crippen molar-refractivity contribution in [3.05, 3.63) is 0 Å². The van der Waals surface area contributed by atoms with E-state index in [4.69, 9.17) is 8.76 Å². The molecule has 0 radical (unpaired) electrons. The molecule has 0 saturated heterocycles. The third kappa shape index (κ3) is 41.0. The van der Waals surface area contributed by atoms with Gasteiger partial charge in [0.25, 0.3) is 0 Å². The molecule has 0 aromatic carbocycles. The molecule has 2 nitrogen and oxygen atoms in total. The summed E-state index contributed by atoms with van der Waals surface area (Å²) in [5.41, 5.74) is 0. The summed E-state index contributed by atoms with van der Waals surface area (Å²) in [6.45, 7) is 0. The summed E-state index contributed by atoms with van der Waals surface area (Å²) in [4.78, 5) is 0. The standard InChI is InChI=1S/ClHO2S.W/c1-4(2)3;/h(H,2,3);/p-1. The van der Waals surface area contributed by atoms with E-state index in [9.17, 15) is 0 Å². The fourth-order valence-corrected chi connectivity index (χ4v) is 0. The predicted molar refractivity (Wildman–Crippen MR) is 14.8 cm³/mol. The van der Waals surface area contributed by atoms with Gasteiger partial charge >= 0.3 is 0 Å². The van der Waals surface area contributed by atoms with Crippen LogP contribution < -0.4 is 0 Å². The zero-order valence-electron chi connectivity index (χ0n) is 2.01. The van der Waals surface area contributed by atoms with Gasteiger partial charge in [-0.3, -0.25) is 4.21 Å². The molecular weight excluding hydrogens is 283 g/mol. The Kier molecular flexibility index (Phi) is 9.60. The second-order valence-corrected chi connectivity index (χ2v) is 1.34. The fourth-order valence-electron chi connectivity index (χ4n) is 0. The van der Waals surface area contributed by atoms with Gasteiger partial charge in [0, 0.05) is 31.4 Å². The molecule has 0 N–H and O–H groups in total. The number of halogens is 1. The van der Waals surface area contributed by atoms with E-state index in [1.165, 1.54) is 0 Å². The summed E-state index contributed by atoms with van der Waals surface area (Å²) in [5.74, 6) is 0. The molecule has 0 aliphatic heterocycles. The zero-order valence-corrected chi connectivity index (χ0v) is 6.52. The van der Waals surface area contributed by atoms with Crippen LogP contribution in [0.15, 0.2) is 0 Å². The van der Waals surface area contributed by atoms with Crippen molar-refractivity contribution >= 4 is 21.0 Å². The molecule has 0 fully saturated rings. The van der Waals surface area contributed by atoms with Crippen LogP contribution in [0.5, 0.6) is 0 Å². The molecule has 5 heavy (non-hydrogen) atoms. The van der Waals surface area contributed by atoms with E-state index < -0.39 is 10.3 Å². The van der Waals surface area contributed by atoms with Gasteiger partial charge in [0.15, 0.2) is 0 Å². The molecule has 0 aliphatic carbocycles. The number of rotatable bonds is 0. The average molecular weight is 283 g/mol. The van der Waals surface area contributed by atoms with E-state index in [-0.39, 0.29) is 21.1 Å². The quantitative estimate of drug-likeness (QED) is 0.464. The predicted octanol–water partition coefficient (Wildman–Crippen LogP) is 0.0168. The molecule has 1 unspecified atom stereocenters. The molecule has 0 aromatic heterocycles. The maximum Gasteiger partial charge on any atom is 0.0422 e. The van der Waals surface area contributed by atoms with Gasteiger partial charge < -0.3 is 4.55 Å². The normalized spacial score (nSPS) is 12.4. The third-order valence-corrected chi connectivity index (χ3v) is 0. The van der Waals surface area contributed by atoms with Crippen LogP contribution in [0.2, 0.25) is 0 Å². The van der Waals surface area contributed by atoms with Crippen molar-refractivity contribution in [2.45, 2.75) is 0 Å². The van der Waals surface area contributed by atoms with Gasteiger partial charge in [-0.25, -0.2) is 0 Å². The van der Waals surface area contributed by atoms with Crippen LogP contribution in [0, 0.1) is 0 Å². The number of hydrogen-bond acceptors (Lipinski definition) is 2. The Hall–Kier alpha value is 1.09. The van der Waals surface area contributed by atoms with Crippen LogP contribution in [0.25, 0.3) is 0 Å². The van der Waals surface area contributed by atoms with E-state index in [0.29, 0.717) is 0 Å². The molecule has 0 heterocycles. The first kappa shape index (κ1) is 9.43. The molecule has 0 bridgehead atoms. The molecule has 0 aromatic rings. The molecule has 32 valence electrons. The van der Waals surface area contributed by atoms with Crippen molar-refractivity contribution < 1.29 is 29.8 Å². The summed E-state index contributed by atoms with van der Waals surface area (Å²) in [6.07, 6.45) is 0. The molecule has 1 atom stereocenters. The first-order chi connectivity index (χ1) is 1.73. The second-order valence-electron chi connectivity index (χ2n) is 0.194. The van der Waals surface area contributed by atoms with Gasteiger partial charge in [0.05, 0.1) is 0 Å². The Labute approximate surface area is 50.9 Å². The van der Waals surface area contributed by atoms with Crippen LogP contribution in [0.3, 0.4) is 0 Å². The largest absolute Gasteiger partial charge is 0.760 e. The SMILES string of the molecule is O=S([O-])Cl.[W]. The molecule has 0 rings (SSSR count). The first-order valence-corrected chi connectivity index (χ1v) is 2.39. The summed E-state index contributed by atoms with van der Waals surface area (Å²) >= 11 is 0. The minimum absolute atomic E-state index is 0. The van der Waals surface area contributed by atoms with Crippen LogP contribution in [-0.4, -0.2) is 8.76 Å². The van der Waals surface area contributed by atoms with E-state index in [2.05, 4.69) is 10.7 Å². The minimum atomic E-state index is -2.39. The van der Waals surface area contributed by atoms with Crippen molar-refractivity contribution in [2.24, 2.45) is 0 Å². The summed E-state index contributed by atoms with van der Waals surface area (Å²) < 4.78 is 17.5.